The highest BCUT2D eigenvalue weighted by molar-refractivity contribution is 5.72. The predicted molar refractivity (Wildman–Crippen MR) is 135 cm³/mol. The van der Waals surface area contributed by atoms with Crippen molar-refractivity contribution in [1.29, 1.82) is 0 Å². The predicted octanol–water partition coefficient (Wildman–Crippen LogP) is 8.53. The average Bonchev–Trinajstić information content (AvgIpc) is 2.94. The van der Waals surface area contributed by atoms with Gasteiger partial charge in [0.25, 0.3) is 0 Å². The first-order valence-electron chi connectivity index (χ1n) is 12.8. The Bertz CT molecular complexity index is 1370. The molecular formula is C30H28F6O3. The van der Waals surface area contributed by atoms with Gasteiger partial charge in [-0.05, 0) is 62.4 Å². The van der Waals surface area contributed by atoms with Crippen molar-refractivity contribution < 1.29 is 40.6 Å². The van der Waals surface area contributed by atoms with Crippen molar-refractivity contribution in [3.05, 3.63) is 88.5 Å². The van der Waals surface area contributed by atoms with Crippen molar-refractivity contribution in [2.24, 2.45) is 0 Å². The number of ether oxygens (including phenoxy) is 3. The summed E-state index contributed by atoms with van der Waals surface area (Å²) in [6.07, 6.45) is 3.15. The minimum atomic E-state index is -1.33. The minimum Gasteiger partial charge on any atom is -0.491 e. The molecule has 0 spiro atoms. The Hall–Kier alpha value is -3.46. The third kappa shape index (κ3) is 6.08. The second-order valence-corrected chi connectivity index (χ2v) is 9.10. The van der Waals surface area contributed by atoms with Gasteiger partial charge in [0.15, 0.2) is 34.8 Å². The highest BCUT2D eigenvalue weighted by Crippen LogP contribution is 2.37. The van der Waals surface area contributed by atoms with E-state index in [1.54, 1.807) is 13.0 Å². The lowest BCUT2D eigenvalue weighted by molar-refractivity contribution is 0.0341. The van der Waals surface area contributed by atoms with Crippen LogP contribution in [0, 0.1) is 34.9 Å². The third-order valence-electron chi connectivity index (χ3n) is 6.49. The van der Waals surface area contributed by atoms with Crippen LogP contribution < -0.4 is 9.47 Å². The zero-order valence-corrected chi connectivity index (χ0v) is 21.6. The summed E-state index contributed by atoms with van der Waals surface area (Å²) in [6, 6.07) is 7.62. The molecule has 1 aliphatic rings. The van der Waals surface area contributed by atoms with Crippen LogP contribution in [-0.2, 0) is 11.3 Å². The van der Waals surface area contributed by atoms with Crippen LogP contribution in [0.3, 0.4) is 0 Å². The second-order valence-electron chi connectivity index (χ2n) is 9.10. The Balaban J connectivity index is 1.45. The van der Waals surface area contributed by atoms with Crippen LogP contribution in [-0.4, -0.2) is 19.3 Å². The zero-order valence-electron chi connectivity index (χ0n) is 21.6. The monoisotopic (exact) mass is 550 g/mol. The fourth-order valence-corrected chi connectivity index (χ4v) is 4.43. The summed E-state index contributed by atoms with van der Waals surface area (Å²) in [5, 5.41) is 0. The first-order chi connectivity index (χ1) is 18.8. The van der Waals surface area contributed by atoms with E-state index in [-0.39, 0.29) is 48.6 Å². The number of benzene rings is 3. The second kappa shape index (κ2) is 12.6. The molecule has 4 rings (SSSR count). The molecule has 0 fully saturated rings. The van der Waals surface area contributed by atoms with Gasteiger partial charge in [-0.1, -0.05) is 25.1 Å². The van der Waals surface area contributed by atoms with E-state index in [4.69, 9.17) is 14.2 Å². The van der Waals surface area contributed by atoms with E-state index in [2.05, 4.69) is 0 Å². The molecule has 1 unspecified atom stereocenters. The summed E-state index contributed by atoms with van der Waals surface area (Å²) >= 11 is 0. The van der Waals surface area contributed by atoms with E-state index in [9.17, 15) is 22.0 Å². The molecule has 3 aromatic carbocycles. The lowest BCUT2D eigenvalue weighted by atomic mass is 9.90. The van der Waals surface area contributed by atoms with Crippen molar-refractivity contribution in [3.63, 3.8) is 0 Å². The normalized spacial score (nSPS) is 15.3. The molecule has 0 aliphatic heterocycles. The number of halogens is 6. The molecule has 0 heterocycles. The lowest BCUT2D eigenvalue weighted by Gasteiger charge is -2.23. The molecule has 3 aromatic rings. The molecule has 3 nitrogen and oxygen atoms in total. The maximum absolute atomic E-state index is 15.0. The lowest BCUT2D eigenvalue weighted by Crippen LogP contribution is -2.16. The van der Waals surface area contributed by atoms with Gasteiger partial charge in [-0.3, -0.25) is 0 Å². The van der Waals surface area contributed by atoms with Crippen molar-refractivity contribution in [1.82, 2.24) is 0 Å². The topological polar surface area (TPSA) is 27.7 Å². The van der Waals surface area contributed by atoms with E-state index in [0.717, 1.165) is 6.07 Å². The maximum Gasteiger partial charge on any atom is 0.201 e. The number of allylic oxidation sites excluding steroid dienone is 1. The summed E-state index contributed by atoms with van der Waals surface area (Å²) in [7, 11) is 0. The minimum absolute atomic E-state index is 0.0114. The van der Waals surface area contributed by atoms with E-state index < -0.39 is 46.0 Å². The quantitative estimate of drug-likeness (QED) is 0.237. The van der Waals surface area contributed by atoms with Gasteiger partial charge < -0.3 is 14.2 Å². The van der Waals surface area contributed by atoms with Crippen LogP contribution in [0.2, 0.25) is 0 Å². The zero-order chi connectivity index (χ0) is 28.1. The van der Waals surface area contributed by atoms with E-state index in [1.165, 1.54) is 30.3 Å². The average molecular weight is 551 g/mol. The molecule has 0 bridgehead atoms. The maximum atomic E-state index is 15.0. The molecule has 208 valence electrons. The van der Waals surface area contributed by atoms with Crippen LogP contribution >= 0.6 is 0 Å². The van der Waals surface area contributed by atoms with Gasteiger partial charge in [0.1, 0.15) is 0 Å². The Morgan fingerprint density at radius 2 is 1.28 bits per heavy atom. The Kier molecular flexibility index (Phi) is 9.22. The number of hydrogen-bond acceptors (Lipinski definition) is 3. The fraction of sp³-hybridized carbons (Fsp3) is 0.333. The van der Waals surface area contributed by atoms with Crippen LogP contribution in [0.15, 0.2) is 42.5 Å². The highest BCUT2D eigenvalue weighted by atomic mass is 19.2. The molecule has 0 amide bonds. The van der Waals surface area contributed by atoms with E-state index in [0.29, 0.717) is 31.3 Å². The molecule has 0 saturated heterocycles. The summed E-state index contributed by atoms with van der Waals surface area (Å²) < 4.78 is 103. The van der Waals surface area contributed by atoms with Crippen molar-refractivity contribution in [2.75, 3.05) is 13.2 Å². The van der Waals surface area contributed by atoms with E-state index >= 15 is 4.39 Å². The molecule has 0 aromatic heterocycles. The van der Waals surface area contributed by atoms with Gasteiger partial charge in [0.05, 0.1) is 25.9 Å². The van der Waals surface area contributed by atoms with Gasteiger partial charge in [-0.15, -0.1) is 0 Å². The summed E-state index contributed by atoms with van der Waals surface area (Å²) in [4.78, 5) is 0. The van der Waals surface area contributed by atoms with Crippen LogP contribution in [0.1, 0.15) is 50.7 Å². The molecule has 0 radical (unpaired) electrons. The number of hydrogen-bond donors (Lipinski definition) is 0. The van der Waals surface area contributed by atoms with Crippen LogP contribution in [0.5, 0.6) is 11.5 Å². The fourth-order valence-electron chi connectivity index (χ4n) is 4.43. The molecule has 1 aliphatic carbocycles. The summed E-state index contributed by atoms with van der Waals surface area (Å²) in [5.74, 6) is -7.63. The summed E-state index contributed by atoms with van der Waals surface area (Å²) in [6.45, 7) is 3.69. The van der Waals surface area contributed by atoms with Crippen LogP contribution in [0.25, 0.3) is 16.7 Å². The Morgan fingerprint density at radius 1 is 0.692 bits per heavy atom. The van der Waals surface area contributed by atoms with Crippen molar-refractivity contribution in [3.8, 4) is 22.6 Å². The first-order valence-corrected chi connectivity index (χ1v) is 12.8. The SMILES string of the molecule is CCCOc1ccc(COC2CC=C(c3ccc(-c4ccc(OCC)c(F)c4F)c(F)c3F)CC2)c(F)c1F. The molecule has 0 N–H and O–H groups in total. The Labute approximate surface area is 223 Å². The van der Waals surface area contributed by atoms with Gasteiger partial charge in [-0.2, -0.15) is 8.78 Å². The largest absolute Gasteiger partial charge is 0.491 e. The molecule has 9 heteroatoms. The van der Waals surface area contributed by atoms with Crippen LogP contribution in [0.4, 0.5) is 26.3 Å². The van der Waals surface area contributed by atoms with Gasteiger partial charge in [0.2, 0.25) is 11.6 Å². The molecule has 39 heavy (non-hydrogen) atoms. The van der Waals surface area contributed by atoms with Gasteiger partial charge in [0, 0.05) is 22.3 Å². The molecular weight excluding hydrogens is 522 g/mol. The molecule has 0 saturated carbocycles. The third-order valence-corrected chi connectivity index (χ3v) is 6.49. The van der Waals surface area contributed by atoms with Gasteiger partial charge >= 0.3 is 0 Å². The van der Waals surface area contributed by atoms with Crippen molar-refractivity contribution in [2.45, 2.75) is 52.2 Å². The van der Waals surface area contributed by atoms with E-state index in [1.807, 2.05) is 6.92 Å². The Morgan fingerprint density at radius 3 is 1.95 bits per heavy atom. The first kappa shape index (κ1) is 28.5. The molecule has 1 atom stereocenters. The van der Waals surface area contributed by atoms with Gasteiger partial charge in [-0.25, -0.2) is 17.6 Å². The van der Waals surface area contributed by atoms with Crippen molar-refractivity contribution >= 4 is 5.57 Å². The summed E-state index contributed by atoms with van der Waals surface area (Å²) in [5.41, 5.74) is -0.233. The standard InChI is InChI=1S/C30H28F6O3/c1-3-15-38-24-13-7-18(25(31)29(24)35)16-39-19-8-5-17(6-9-19)20-10-11-21(27(33)26(20)32)22-12-14-23(37-4-2)30(36)28(22)34/h5,7,10-14,19H,3-4,6,8-9,15-16H2,1-2H3. The smallest absolute Gasteiger partial charge is 0.201 e. The highest BCUT2D eigenvalue weighted by Gasteiger charge is 2.24. The number of rotatable bonds is 10.